The van der Waals surface area contributed by atoms with Crippen LogP contribution in [0.15, 0.2) is 54.6 Å². The van der Waals surface area contributed by atoms with Crippen LogP contribution in [-0.2, 0) is 6.54 Å². The summed E-state index contributed by atoms with van der Waals surface area (Å²) in [6.07, 6.45) is -11.0. The van der Waals surface area contributed by atoms with E-state index in [1.54, 1.807) is 6.07 Å². The van der Waals surface area contributed by atoms with Gasteiger partial charge in [0.2, 0.25) is 0 Å². The van der Waals surface area contributed by atoms with Crippen molar-refractivity contribution in [3.05, 3.63) is 60.2 Å². The normalized spacial score (nSPS) is 16.4. The minimum atomic E-state index is -5.76. The molecule has 3 nitrogen and oxygen atoms in total. The summed E-state index contributed by atoms with van der Waals surface area (Å²) in [5.74, 6) is -0.453. The molecule has 0 unspecified atom stereocenters. The largest absolute Gasteiger partial charge is 0.499 e. The molecule has 8 heteroatoms. The van der Waals surface area contributed by atoms with E-state index in [0.717, 1.165) is 24.8 Å². The number of para-hydroxylation sites is 2. The fourth-order valence-corrected chi connectivity index (χ4v) is 2.97. The molecule has 2 aromatic carbocycles. The van der Waals surface area contributed by atoms with Crippen LogP contribution in [0.25, 0.3) is 0 Å². The number of alkyl halides is 5. The Morgan fingerprint density at radius 3 is 2.00 bits per heavy atom. The van der Waals surface area contributed by atoms with Crippen molar-refractivity contribution in [2.75, 3.05) is 31.1 Å². The van der Waals surface area contributed by atoms with Crippen molar-refractivity contribution in [2.45, 2.75) is 18.8 Å². The lowest BCUT2D eigenvalue weighted by Crippen LogP contribution is -2.46. The molecule has 0 aromatic heterocycles. The summed E-state index contributed by atoms with van der Waals surface area (Å²) in [5.41, 5.74) is 1.40. The van der Waals surface area contributed by atoms with Crippen molar-refractivity contribution < 1.29 is 26.7 Å². The lowest BCUT2D eigenvalue weighted by molar-refractivity contribution is -0.360. The van der Waals surface area contributed by atoms with E-state index in [0.29, 0.717) is 18.7 Å². The molecule has 0 bridgehead atoms. The van der Waals surface area contributed by atoms with Crippen LogP contribution in [0.5, 0.6) is 5.75 Å². The standard InChI is InChI=1S/C19H19F5N2O/c20-18(21,22)19(23,24)27-17-9-5-4-6-15(17)14-25-10-12-26(13-11-25)16-7-2-1-3-8-16/h1-9H,10-14H2. The van der Waals surface area contributed by atoms with Crippen molar-refractivity contribution in [1.29, 1.82) is 0 Å². The molecule has 0 atom stereocenters. The Labute approximate surface area is 153 Å². The summed E-state index contributed by atoms with van der Waals surface area (Å²) in [7, 11) is 0. The fourth-order valence-electron chi connectivity index (χ4n) is 2.97. The summed E-state index contributed by atoms with van der Waals surface area (Å²) in [5, 5.41) is 0. The molecule has 1 heterocycles. The smallest absolute Gasteiger partial charge is 0.425 e. The first-order valence-electron chi connectivity index (χ1n) is 8.50. The minimum Gasteiger partial charge on any atom is -0.425 e. The predicted octanol–water partition coefficient (Wildman–Crippen LogP) is 4.54. The molecule has 1 aliphatic heterocycles. The highest BCUT2D eigenvalue weighted by Crippen LogP contribution is 2.38. The van der Waals surface area contributed by atoms with Gasteiger partial charge in [0.25, 0.3) is 0 Å². The maximum absolute atomic E-state index is 13.2. The Morgan fingerprint density at radius 2 is 1.37 bits per heavy atom. The average Bonchev–Trinajstić information content (AvgIpc) is 2.63. The van der Waals surface area contributed by atoms with Crippen LogP contribution < -0.4 is 9.64 Å². The van der Waals surface area contributed by atoms with E-state index in [1.807, 2.05) is 35.2 Å². The molecular weight excluding hydrogens is 367 g/mol. The van der Waals surface area contributed by atoms with E-state index in [2.05, 4.69) is 9.64 Å². The first-order chi connectivity index (χ1) is 12.8. The molecule has 1 aliphatic rings. The molecule has 1 saturated heterocycles. The number of anilines is 1. The van der Waals surface area contributed by atoms with Crippen LogP contribution in [0.3, 0.4) is 0 Å². The van der Waals surface area contributed by atoms with Crippen LogP contribution >= 0.6 is 0 Å². The van der Waals surface area contributed by atoms with Crippen LogP contribution in [0, 0.1) is 0 Å². The highest BCUT2D eigenvalue weighted by molar-refractivity contribution is 5.46. The first-order valence-corrected chi connectivity index (χ1v) is 8.50. The van der Waals surface area contributed by atoms with Gasteiger partial charge in [0, 0.05) is 44.0 Å². The lowest BCUT2D eigenvalue weighted by atomic mass is 10.1. The molecule has 0 amide bonds. The van der Waals surface area contributed by atoms with Gasteiger partial charge in [-0.2, -0.15) is 22.0 Å². The number of rotatable bonds is 5. The molecular formula is C19H19F5N2O. The number of ether oxygens (including phenoxy) is 1. The summed E-state index contributed by atoms with van der Waals surface area (Å²) in [6.45, 7) is 3.06. The van der Waals surface area contributed by atoms with Crippen molar-refractivity contribution >= 4 is 5.69 Å². The Hall–Kier alpha value is -2.35. The Morgan fingerprint density at radius 1 is 0.778 bits per heavy atom. The Bertz CT molecular complexity index is 743. The van der Waals surface area contributed by atoms with Gasteiger partial charge in [-0.05, 0) is 18.2 Å². The van der Waals surface area contributed by atoms with Gasteiger partial charge in [0.1, 0.15) is 5.75 Å². The third-order valence-electron chi connectivity index (χ3n) is 4.43. The lowest BCUT2D eigenvalue weighted by Gasteiger charge is -2.36. The third kappa shape index (κ3) is 4.68. The van der Waals surface area contributed by atoms with E-state index in [9.17, 15) is 22.0 Å². The fraction of sp³-hybridized carbons (Fsp3) is 0.368. The van der Waals surface area contributed by atoms with Crippen LogP contribution in [-0.4, -0.2) is 43.4 Å². The highest BCUT2D eigenvalue weighted by Gasteiger charge is 2.61. The van der Waals surface area contributed by atoms with E-state index < -0.39 is 18.0 Å². The minimum absolute atomic E-state index is 0.243. The van der Waals surface area contributed by atoms with Crippen LogP contribution in [0.4, 0.5) is 27.6 Å². The predicted molar refractivity (Wildman–Crippen MR) is 92.0 cm³/mol. The maximum Gasteiger partial charge on any atom is 0.499 e. The summed E-state index contributed by atoms with van der Waals surface area (Å²) < 4.78 is 67.8. The molecule has 0 N–H and O–H groups in total. The molecule has 27 heavy (non-hydrogen) atoms. The zero-order valence-electron chi connectivity index (χ0n) is 14.4. The zero-order valence-corrected chi connectivity index (χ0v) is 14.4. The van der Waals surface area contributed by atoms with Gasteiger partial charge in [-0.3, -0.25) is 4.90 Å². The van der Waals surface area contributed by atoms with Crippen LogP contribution in [0.2, 0.25) is 0 Å². The Kier molecular flexibility index (Phi) is 5.55. The van der Waals surface area contributed by atoms with E-state index in [4.69, 9.17) is 0 Å². The number of halogens is 5. The molecule has 1 fully saturated rings. The SMILES string of the molecule is FC(F)(F)C(F)(F)Oc1ccccc1CN1CCN(c2ccccc2)CC1. The second-order valence-corrected chi connectivity index (χ2v) is 6.32. The molecule has 0 radical (unpaired) electrons. The number of hydrogen-bond donors (Lipinski definition) is 0. The Balaban J connectivity index is 1.64. The van der Waals surface area contributed by atoms with Gasteiger partial charge in [0.05, 0.1) is 0 Å². The van der Waals surface area contributed by atoms with Crippen molar-refractivity contribution in [3.63, 3.8) is 0 Å². The van der Waals surface area contributed by atoms with Gasteiger partial charge in [-0.25, -0.2) is 0 Å². The molecule has 0 saturated carbocycles. The maximum atomic E-state index is 13.2. The van der Waals surface area contributed by atoms with Gasteiger partial charge in [-0.15, -0.1) is 0 Å². The molecule has 0 aliphatic carbocycles. The average molecular weight is 386 g/mol. The number of benzene rings is 2. The first kappa shape index (κ1) is 19.4. The highest BCUT2D eigenvalue weighted by atomic mass is 19.4. The second-order valence-electron chi connectivity index (χ2n) is 6.32. The third-order valence-corrected chi connectivity index (χ3v) is 4.43. The second kappa shape index (κ2) is 7.72. The van der Waals surface area contributed by atoms with E-state index >= 15 is 0 Å². The van der Waals surface area contributed by atoms with Crippen molar-refractivity contribution in [3.8, 4) is 5.75 Å². The van der Waals surface area contributed by atoms with Crippen molar-refractivity contribution in [1.82, 2.24) is 4.90 Å². The van der Waals surface area contributed by atoms with Gasteiger partial charge < -0.3 is 9.64 Å². The van der Waals surface area contributed by atoms with Gasteiger partial charge in [-0.1, -0.05) is 36.4 Å². The van der Waals surface area contributed by atoms with Gasteiger partial charge >= 0.3 is 12.3 Å². The molecule has 2 aromatic rings. The van der Waals surface area contributed by atoms with Gasteiger partial charge in [0.15, 0.2) is 0 Å². The topological polar surface area (TPSA) is 15.7 Å². The quantitative estimate of drug-likeness (QED) is 0.702. The summed E-state index contributed by atoms with van der Waals surface area (Å²) >= 11 is 0. The van der Waals surface area contributed by atoms with E-state index in [-0.39, 0.29) is 6.54 Å². The summed E-state index contributed by atoms with van der Waals surface area (Å²) in [4.78, 5) is 4.21. The molecule has 0 spiro atoms. The molecule has 3 rings (SSSR count). The number of piperazine rings is 1. The monoisotopic (exact) mass is 386 g/mol. The van der Waals surface area contributed by atoms with Crippen molar-refractivity contribution in [2.24, 2.45) is 0 Å². The zero-order chi connectivity index (χ0) is 19.5. The summed E-state index contributed by atoms with van der Waals surface area (Å²) in [6, 6.07) is 15.5. The number of hydrogen-bond acceptors (Lipinski definition) is 3. The van der Waals surface area contributed by atoms with E-state index in [1.165, 1.54) is 12.1 Å². The van der Waals surface area contributed by atoms with Crippen LogP contribution in [0.1, 0.15) is 5.56 Å². The number of nitrogens with zero attached hydrogens (tertiary/aromatic N) is 2. The molecule has 146 valence electrons.